The van der Waals surface area contributed by atoms with Gasteiger partial charge in [-0.2, -0.15) is 0 Å². The average Bonchev–Trinajstić information content (AvgIpc) is 2.71. The first-order valence-corrected chi connectivity index (χ1v) is 10.2. The van der Waals surface area contributed by atoms with Gasteiger partial charge in [0.2, 0.25) is 5.43 Å². The number of hydrogen-bond acceptors (Lipinski definition) is 4. The van der Waals surface area contributed by atoms with Gasteiger partial charge in [-0.25, -0.2) is 0 Å². The van der Waals surface area contributed by atoms with Crippen molar-refractivity contribution < 1.29 is 19.2 Å². The lowest BCUT2D eigenvalue weighted by Crippen LogP contribution is -3.12. The highest BCUT2D eigenvalue weighted by Gasteiger charge is 2.25. The van der Waals surface area contributed by atoms with E-state index >= 15 is 0 Å². The molecule has 0 radical (unpaired) electrons. The van der Waals surface area contributed by atoms with Crippen molar-refractivity contribution in [2.24, 2.45) is 5.92 Å². The Bertz CT molecular complexity index is 1100. The van der Waals surface area contributed by atoms with E-state index in [1.165, 1.54) is 17.7 Å². The van der Waals surface area contributed by atoms with Crippen molar-refractivity contribution >= 4 is 11.0 Å². The molecule has 2 atom stereocenters. The van der Waals surface area contributed by atoms with Crippen LogP contribution in [0.1, 0.15) is 31.1 Å². The second kappa shape index (κ2) is 7.91. The Labute approximate surface area is 170 Å². The third kappa shape index (κ3) is 3.62. The fraction of sp³-hybridized carbons (Fsp3) is 0.375. The number of nitrogens with one attached hydrogen (secondary N) is 1. The smallest absolute Gasteiger partial charge is 0.200 e. The summed E-state index contributed by atoms with van der Waals surface area (Å²) >= 11 is 0. The Morgan fingerprint density at radius 2 is 2.03 bits per heavy atom. The maximum atomic E-state index is 13.4. The number of phenols is 1. The number of fused-ring (bicyclic) bond motifs is 1. The fourth-order valence-electron chi connectivity index (χ4n) is 4.55. The van der Waals surface area contributed by atoms with Crippen LogP contribution < -0.4 is 15.1 Å². The molecule has 4 rings (SSSR count). The van der Waals surface area contributed by atoms with Crippen LogP contribution in [0.5, 0.6) is 11.5 Å². The summed E-state index contributed by atoms with van der Waals surface area (Å²) in [6.45, 7) is 6.86. The molecule has 1 aromatic heterocycles. The van der Waals surface area contributed by atoms with Crippen LogP contribution in [0.4, 0.5) is 0 Å². The molecule has 5 heteroatoms. The summed E-state index contributed by atoms with van der Waals surface area (Å²) < 4.78 is 11.6. The summed E-state index contributed by atoms with van der Waals surface area (Å²) in [6.07, 6.45) is 2.43. The molecule has 2 aromatic carbocycles. The molecule has 29 heavy (non-hydrogen) atoms. The number of para-hydroxylation sites is 1. The van der Waals surface area contributed by atoms with Crippen molar-refractivity contribution in [3.05, 3.63) is 57.9 Å². The highest BCUT2D eigenvalue weighted by molar-refractivity contribution is 5.87. The second-order valence-electron chi connectivity index (χ2n) is 8.13. The molecule has 0 saturated carbocycles. The average molecular weight is 394 g/mol. The molecule has 152 valence electrons. The Morgan fingerprint density at radius 1 is 1.24 bits per heavy atom. The van der Waals surface area contributed by atoms with Crippen LogP contribution in [0.25, 0.3) is 22.1 Å². The molecular weight excluding hydrogens is 366 g/mol. The molecule has 0 amide bonds. The summed E-state index contributed by atoms with van der Waals surface area (Å²) in [5, 5.41) is 11.1. The zero-order chi connectivity index (χ0) is 20.5. The van der Waals surface area contributed by atoms with Crippen LogP contribution in [-0.4, -0.2) is 25.3 Å². The maximum absolute atomic E-state index is 13.4. The van der Waals surface area contributed by atoms with Gasteiger partial charge in [0, 0.05) is 11.5 Å². The van der Waals surface area contributed by atoms with Crippen molar-refractivity contribution in [3.63, 3.8) is 0 Å². The van der Waals surface area contributed by atoms with Crippen molar-refractivity contribution in [1.29, 1.82) is 0 Å². The Balaban J connectivity index is 1.86. The number of phenolic OH excluding ortho intramolecular Hbond substituents is 1. The SMILES string of the molecule is COc1ccccc1-c1c(C)oc2c(C[NH+]3CCC[C@@H](C)C3)c(O)ccc2c1=O. The molecule has 0 bridgehead atoms. The van der Waals surface area contributed by atoms with E-state index in [0.717, 1.165) is 18.7 Å². The topological polar surface area (TPSA) is 64.1 Å². The monoisotopic (exact) mass is 394 g/mol. The molecule has 1 fully saturated rings. The first kappa shape index (κ1) is 19.5. The van der Waals surface area contributed by atoms with Gasteiger partial charge in [0.05, 0.1) is 36.7 Å². The molecular formula is C24H28NO4+. The summed E-state index contributed by atoms with van der Waals surface area (Å²) in [6, 6.07) is 10.7. The van der Waals surface area contributed by atoms with E-state index in [9.17, 15) is 9.90 Å². The molecule has 2 N–H and O–H groups in total. The number of aryl methyl sites for hydroxylation is 1. The van der Waals surface area contributed by atoms with Gasteiger partial charge in [-0.05, 0) is 38.0 Å². The number of aromatic hydroxyl groups is 1. The van der Waals surface area contributed by atoms with Gasteiger partial charge in [0.15, 0.2) is 5.58 Å². The maximum Gasteiger partial charge on any atom is 0.200 e. The Kier molecular flexibility index (Phi) is 5.33. The predicted octanol–water partition coefficient (Wildman–Crippen LogP) is 3.30. The molecule has 1 aliphatic rings. The van der Waals surface area contributed by atoms with E-state index in [0.29, 0.717) is 46.1 Å². The van der Waals surface area contributed by atoms with Crippen LogP contribution in [0, 0.1) is 12.8 Å². The predicted molar refractivity (Wildman–Crippen MR) is 114 cm³/mol. The van der Waals surface area contributed by atoms with Gasteiger partial charge in [-0.1, -0.05) is 25.1 Å². The van der Waals surface area contributed by atoms with E-state index in [1.54, 1.807) is 26.2 Å². The minimum absolute atomic E-state index is 0.100. The van der Waals surface area contributed by atoms with E-state index < -0.39 is 0 Å². The van der Waals surface area contributed by atoms with Crippen LogP contribution in [0.15, 0.2) is 45.6 Å². The molecule has 1 aliphatic heterocycles. The zero-order valence-electron chi connectivity index (χ0n) is 17.2. The highest BCUT2D eigenvalue weighted by Crippen LogP contribution is 2.33. The standard InChI is InChI=1S/C24H27NO4/c1-15-7-6-12-25(13-15)14-19-20(26)11-10-18-23(27)22(16(2)29-24(18)19)17-8-4-5-9-21(17)28-3/h4-5,8-11,15,26H,6-7,12-14H2,1-3H3/p+1/t15-/m1/s1. The number of methoxy groups -OCH3 is 1. The quantitative estimate of drug-likeness (QED) is 0.713. The lowest BCUT2D eigenvalue weighted by atomic mass is 9.98. The van der Waals surface area contributed by atoms with Crippen LogP contribution >= 0.6 is 0 Å². The van der Waals surface area contributed by atoms with Gasteiger partial charge in [-0.3, -0.25) is 4.79 Å². The second-order valence-corrected chi connectivity index (χ2v) is 8.13. The normalized spacial score (nSPS) is 19.4. The van der Waals surface area contributed by atoms with E-state index in [-0.39, 0.29) is 11.2 Å². The highest BCUT2D eigenvalue weighted by atomic mass is 16.5. The first-order chi connectivity index (χ1) is 14.0. The number of likely N-dealkylation sites (tertiary alicyclic amines) is 1. The number of benzene rings is 2. The third-order valence-electron chi connectivity index (χ3n) is 5.98. The van der Waals surface area contributed by atoms with Crippen LogP contribution in [-0.2, 0) is 6.54 Å². The number of quaternary nitrogens is 1. The Hall–Kier alpha value is -2.79. The van der Waals surface area contributed by atoms with Gasteiger partial charge in [0.25, 0.3) is 0 Å². The van der Waals surface area contributed by atoms with Crippen LogP contribution in [0.3, 0.4) is 0 Å². The summed E-state index contributed by atoms with van der Waals surface area (Å²) in [5.41, 5.74) is 2.34. The fourth-order valence-corrected chi connectivity index (χ4v) is 4.55. The first-order valence-electron chi connectivity index (χ1n) is 10.2. The van der Waals surface area contributed by atoms with Gasteiger partial charge in [-0.15, -0.1) is 0 Å². The molecule has 1 saturated heterocycles. The molecule has 1 unspecified atom stereocenters. The summed E-state index contributed by atoms with van der Waals surface area (Å²) in [5.74, 6) is 2.02. The van der Waals surface area contributed by atoms with Gasteiger partial charge >= 0.3 is 0 Å². The van der Waals surface area contributed by atoms with Crippen molar-refractivity contribution in [3.8, 4) is 22.6 Å². The number of rotatable bonds is 4. The number of ether oxygens (including phenoxy) is 1. The minimum Gasteiger partial charge on any atom is -0.507 e. The number of piperidine rings is 1. The molecule has 3 aromatic rings. The van der Waals surface area contributed by atoms with Gasteiger partial charge in [0.1, 0.15) is 23.8 Å². The number of hydrogen-bond donors (Lipinski definition) is 2. The van der Waals surface area contributed by atoms with E-state index in [4.69, 9.17) is 9.15 Å². The minimum atomic E-state index is -0.100. The van der Waals surface area contributed by atoms with Gasteiger partial charge < -0.3 is 19.2 Å². The lowest BCUT2D eigenvalue weighted by Gasteiger charge is -2.28. The Morgan fingerprint density at radius 3 is 2.79 bits per heavy atom. The summed E-state index contributed by atoms with van der Waals surface area (Å²) in [4.78, 5) is 14.8. The largest absolute Gasteiger partial charge is 0.507 e. The molecule has 0 spiro atoms. The summed E-state index contributed by atoms with van der Waals surface area (Å²) in [7, 11) is 1.59. The van der Waals surface area contributed by atoms with Crippen LogP contribution in [0.2, 0.25) is 0 Å². The van der Waals surface area contributed by atoms with E-state index in [1.807, 2.05) is 24.3 Å². The van der Waals surface area contributed by atoms with E-state index in [2.05, 4.69) is 6.92 Å². The van der Waals surface area contributed by atoms with Crippen molar-refractivity contribution in [2.45, 2.75) is 33.2 Å². The zero-order valence-corrected chi connectivity index (χ0v) is 17.2. The van der Waals surface area contributed by atoms with Crippen molar-refractivity contribution in [1.82, 2.24) is 0 Å². The molecule has 0 aliphatic carbocycles. The molecule has 5 nitrogen and oxygen atoms in total. The molecule has 2 heterocycles. The third-order valence-corrected chi connectivity index (χ3v) is 5.98. The lowest BCUT2D eigenvalue weighted by molar-refractivity contribution is -0.922. The van der Waals surface area contributed by atoms with Crippen molar-refractivity contribution in [2.75, 3.05) is 20.2 Å².